The van der Waals surface area contributed by atoms with Crippen LogP contribution in [-0.2, 0) is 52.6 Å². The summed E-state index contributed by atoms with van der Waals surface area (Å²) < 4.78 is 12.8. The van der Waals surface area contributed by atoms with Gasteiger partial charge in [0.2, 0.25) is 11.8 Å². The number of amides is 6. The number of hydrogen-bond donors (Lipinski definition) is 6. The van der Waals surface area contributed by atoms with Gasteiger partial charge in [-0.3, -0.25) is 39.6 Å². The van der Waals surface area contributed by atoms with Crippen LogP contribution in [0.25, 0.3) is 0 Å². The molecule has 8 atom stereocenters. The van der Waals surface area contributed by atoms with Crippen LogP contribution >= 0.6 is 0 Å². The van der Waals surface area contributed by atoms with Crippen molar-refractivity contribution in [2.75, 3.05) is 32.2 Å². The highest BCUT2D eigenvalue weighted by Gasteiger charge is 2.69. The zero-order valence-corrected chi connectivity index (χ0v) is 36.5. The molecule has 0 spiro atoms. The van der Waals surface area contributed by atoms with Crippen molar-refractivity contribution in [2.24, 2.45) is 23.3 Å². The number of carbonyl (C=O) groups excluding carboxylic acids is 4. The summed E-state index contributed by atoms with van der Waals surface area (Å²) in [5.41, 5.74) is 9.53. The molecule has 6 unspecified atom stereocenters. The number of carboxylic acid groups (broad SMARTS) is 2. The Bertz CT molecular complexity index is 2190. The van der Waals surface area contributed by atoms with Gasteiger partial charge in [0, 0.05) is 33.0 Å². The molecule has 2 heterocycles. The fraction of sp³-hybridized carbons (Fsp3) is 0.478. The van der Waals surface area contributed by atoms with E-state index >= 15 is 9.59 Å². The van der Waals surface area contributed by atoms with Crippen LogP contribution in [0.5, 0.6) is 0 Å². The Labute approximate surface area is 366 Å². The van der Waals surface area contributed by atoms with Crippen molar-refractivity contribution >= 4 is 41.5 Å². The normalized spacial score (nSPS) is 30.4. The lowest BCUT2D eigenvalue weighted by atomic mass is 9.63. The Morgan fingerprint density at radius 3 is 1.41 bits per heavy atom. The van der Waals surface area contributed by atoms with Gasteiger partial charge in [0.1, 0.15) is 11.2 Å². The molecule has 0 saturated carbocycles. The summed E-state index contributed by atoms with van der Waals surface area (Å²) in [4.78, 5) is 89.1. The van der Waals surface area contributed by atoms with Crippen LogP contribution in [-0.4, -0.2) is 107 Å². The van der Waals surface area contributed by atoms with Crippen molar-refractivity contribution in [3.8, 4) is 0 Å². The predicted molar refractivity (Wildman–Crippen MR) is 230 cm³/mol. The molecule has 3 aromatic carbocycles. The van der Waals surface area contributed by atoms with Crippen LogP contribution < -0.4 is 27.0 Å². The van der Waals surface area contributed by atoms with Crippen LogP contribution in [0.1, 0.15) is 72.9 Å². The topological polar surface area (TPSA) is 247 Å². The summed E-state index contributed by atoms with van der Waals surface area (Å²) >= 11 is 0. The standard InChI is InChI=1S/C46H57N7O10/c1-26-10-7-11-34(27(26)2)53(35-12-8-22-51(35)45(39(56)49-41(58)59)30-18-14-28(15-19-30)24-32(37(47)54)43(45,3)62-5)36-13-9-23-52(36)46(40(57)50-42(60)61)31-20-16-29(17-21-31)25-33(38(48)55)44(46,4)63-6/h7,10-11,14-21,32-33,35-36H,8-9,12-13,22-25H2,1-6H3,(H2,47,54)(H2,48,55)(H,49,56)(H,50,57)(H,58,59)(H,60,61)/t32?,33?,35?,36?,43?,44?,45-,46-/m1/s1. The zero-order valence-electron chi connectivity index (χ0n) is 36.5. The molecule has 2 fully saturated rings. The van der Waals surface area contributed by atoms with Crippen LogP contribution in [0.15, 0.2) is 66.7 Å². The molecule has 4 aliphatic carbocycles. The highest BCUT2D eigenvalue weighted by atomic mass is 16.5. The van der Waals surface area contributed by atoms with Crippen molar-refractivity contribution < 1.29 is 48.5 Å². The van der Waals surface area contributed by atoms with Gasteiger partial charge in [-0.15, -0.1) is 0 Å². The van der Waals surface area contributed by atoms with Crippen LogP contribution in [0.3, 0.4) is 0 Å². The van der Waals surface area contributed by atoms with Crippen molar-refractivity contribution in [1.82, 2.24) is 20.4 Å². The van der Waals surface area contributed by atoms with Gasteiger partial charge >= 0.3 is 12.2 Å². The molecule has 4 bridgehead atoms. The fourth-order valence-corrected chi connectivity index (χ4v) is 11.7. The Morgan fingerprint density at radius 2 is 1.06 bits per heavy atom. The molecule has 17 heteroatoms. The summed E-state index contributed by atoms with van der Waals surface area (Å²) in [5.74, 6) is -5.66. The molecule has 8 N–H and O–H groups in total. The summed E-state index contributed by atoms with van der Waals surface area (Å²) in [6.07, 6.45) is -2.86. The minimum absolute atomic E-state index is 0.0916. The second-order valence-corrected chi connectivity index (χ2v) is 17.5. The summed E-state index contributed by atoms with van der Waals surface area (Å²) in [5, 5.41) is 24.8. The number of primary amides is 2. The van der Waals surface area contributed by atoms with E-state index in [4.69, 9.17) is 20.9 Å². The quantitative estimate of drug-likeness (QED) is 0.162. The first-order valence-corrected chi connectivity index (χ1v) is 21.2. The number of carbonyl (C=O) groups is 6. The minimum Gasteiger partial charge on any atom is -0.465 e. The molecule has 17 nitrogen and oxygen atoms in total. The van der Waals surface area contributed by atoms with E-state index in [1.165, 1.54) is 14.2 Å². The predicted octanol–water partition coefficient (Wildman–Crippen LogP) is 3.46. The Kier molecular flexibility index (Phi) is 12.0. The second kappa shape index (κ2) is 16.7. The number of ether oxygens (including phenoxy) is 2. The van der Waals surface area contributed by atoms with Gasteiger partial charge in [0.15, 0.2) is 11.1 Å². The van der Waals surface area contributed by atoms with Crippen molar-refractivity contribution in [1.29, 1.82) is 0 Å². The average Bonchev–Trinajstić information content (AvgIpc) is 3.91. The lowest BCUT2D eigenvalue weighted by molar-refractivity contribution is -0.188. The van der Waals surface area contributed by atoms with Crippen LogP contribution in [0, 0.1) is 25.7 Å². The molecule has 6 amide bonds. The van der Waals surface area contributed by atoms with Crippen molar-refractivity contribution in [3.63, 3.8) is 0 Å². The first-order chi connectivity index (χ1) is 29.8. The third-order valence-electron chi connectivity index (χ3n) is 14.8. The number of benzene rings is 3. The number of nitrogens with two attached hydrogens (primary N) is 2. The molecular weight excluding hydrogens is 811 g/mol. The molecule has 63 heavy (non-hydrogen) atoms. The van der Waals surface area contributed by atoms with Crippen molar-refractivity contribution in [3.05, 3.63) is 100 Å². The number of rotatable bonds is 11. The second-order valence-electron chi connectivity index (χ2n) is 17.5. The first-order valence-electron chi connectivity index (χ1n) is 21.2. The van der Waals surface area contributed by atoms with Gasteiger partial charge in [-0.1, -0.05) is 60.7 Å². The number of aryl methyl sites for hydroxylation is 1. The Balaban J connectivity index is 1.56. The number of likely N-dealkylation sites (tertiary alicyclic amines) is 2. The van der Waals surface area contributed by atoms with Gasteiger partial charge in [-0.2, -0.15) is 0 Å². The van der Waals surface area contributed by atoms with E-state index in [-0.39, 0.29) is 25.9 Å². The van der Waals surface area contributed by atoms with E-state index in [0.717, 1.165) is 22.3 Å². The molecule has 2 aliphatic heterocycles. The molecule has 0 aromatic heterocycles. The third kappa shape index (κ3) is 6.74. The molecule has 336 valence electrons. The third-order valence-corrected chi connectivity index (χ3v) is 14.8. The van der Waals surface area contributed by atoms with E-state index in [1.807, 2.05) is 41.8 Å². The Morgan fingerprint density at radius 1 is 0.667 bits per heavy atom. The number of nitrogens with one attached hydrogen (secondary N) is 2. The smallest absolute Gasteiger partial charge is 0.411 e. The summed E-state index contributed by atoms with van der Waals surface area (Å²) in [6.45, 7) is 7.59. The molecule has 6 aliphatic rings. The minimum atomic E-state index is -2.04. The highest BCUT2D eigenvalue weighted by Crippen LogP contribution is 2.55. The lowest BCUT2D eigenvalue weighted by Gasteiger charge is -2.60. The van der Waals surface area contributed by atoms with E-state index in [0.29, 0.717) is 42.5 Å². The largest absolute Gasteiger partial charge is 0.465 e. The van der Waals surface area contributed by atoms with E-state index < -0.39 is 82.3 Å². The number of fused-ring (bicyclic) bond motifs is 10. The number of nitrogens with zero attached hydrogens (tertiary/aromatic N) is 3. The fourth-order valence-electron chi connectivity index (χ4n) is 11.7. The van der Waals surface area contributed by atoms with Crippen LogP contribution in [0.4, 0.5) is 15.3 Å². The molecule has 9 rings (SSSR count). The number of methoxy groups -OCH3 is 2. The zero-order chi connectivity index (χ0) is 45.8. The van der Waals surface area contributed by atoms with Gasteiger partial charge in [-0.05, 0) is 106 Å². The highest BCUT2D eigenvalue weighted by molar-refractivity contribution is 6.01. The van der Waals surface area contributed by atoms with Crippen molar-refractivity contribution in [2.45, 2.75) is 101 Å². The SMILES string of the molecule is COC1(C)C(C(N)=O)Cc2ccc(cc2)[C@]1(C(=O)NC(=O)O)N1CCCC1N(c1cccc(C)c1C)C1CCCN1[C@@]1(C(=O)NC(=O)O)c2ccc(cc2)CC(C(N)=O)C1(C)OC. The molecular formula is C46H57N7O10. The monoisotopic (exact) mass is 867 g/mol. The number of hydrogen-bond acceptors (Lipinski definition) is 11. The van der Waals surface area contributed by atoms with E-state index in [1.54, 1.807) is 62.4 Å². The van der Waals surface area contributed by atoms with Crippen LogP contribution in [0.2, 0.25) is 0 Å². The van der Waals surface area contributed by atoms with Gasteiger partial charge in [-0.25, -0.2) is 9.59 Å². The number of anilines is 1. The summed E-state index contributed by atoms with van der Waals surface area (Å²) in [6, 6.07) is 20.0. The number of imide groups is 2. The average molecular weight is 868 g/mol. The molecule has 3 aromatic rings. The lowest BCUT2D eigenvalue weighted by Crippen LogP contribution is -2.77. The maximum Gasteiger partial charge on any atom is 0.411 e. The summed E-state index contributed by atoms with van der Waals surface area (Å²) in [7, 11) is 2.76. The van der Waals surface area contributed by atoms with Gasteiger partial charge in [0.25, 0.3) is 11.8 Å². The maximum atomic E-state index is 15.3. The molecule has 2 saturated heterocycles. The first kappa shape index (κ1) is 45.2. The maximum absolute atomic E-state index is 15.3. The van der Waals surface area contributed by atoms with E-state index in [9.17, 15) is 29.4 Å². The van der Waals surface area contributed by atoms with Gasteiger partial charge in [0.05, 0.1) is 24.2 Å². The Hall–Kier alpha value is -5.88. The van der Waals surface area contributed by atoms with E-state index in [2.05, 4.69) is 15.5 Å². The van der Waals surface area contributed by atoms with Gasteiger partial charge < -0.3 is 36.1 Å². The molecule has 0 radical (unpaired) electrons.